The number of piperazine rings is 1. The van der Waals surface area contributed by atoms with E-state index in [0.29, 0.717) is 15.9 Å². The van der Waals surface area contributed by atoms with Gasteiger partial charge in [-0.1, -0.05) is 17.7 Å². The summed E-state index contributed by atoms with van der Waals surface area (Å²) >= 11 is 6.19. The van der Waals surface area contributed by atoms with Crippen LogP contribution in [0.25, 0.3) is 10.9 Å². The van der Waals surface area contributed by atoms with Gasteiger partial charge in [-0.25, -0.2) is 14.4 Å². The molecule has 1 atom stereocenters. The van der Waals surface area contributed by atoms with Crippen molar-refractivity contribution in [3.63, 3.8) is 0 Å². The molecule has 3 heterocycles. The van der Waals surface area contributed by atoms with Crippen LogP contribution in [0.15, 0.2) is 30.6 Å². The minimum Gasteiger partial charge on any atom is -0.339 e. The normalized spacial score (nSPS) is 18.3. The average molecular weight is 401 g/mol. The van der Waals surface area contributed by atoms with Gasteiger partial charge in [0.25, 0.3) is 0 Å². The number of benzene rings is 1. The van der Waals surface area contributed by atoms with Crippen molar-refractivity contribution in [1.29, 1.82) is 0 Å². The Morgan fingerprint density at radius 3 is 2.59 bits per heavy atom. The lowest BCUT2D eigenvalue weighted by Gasteiger charge is -2.42. The standard InChI is InChI=1S/C16H13ClF4N6/c17-10-2-1-3-11-13(10)14(25-24-11)27-5-4-26(8-12(27)16(19,20)21)15-22-6-9(18)7-23-15/h1-3,6-7,12H,4-5,8H2,(H,24,25). The van der Waals surface area contributed by atoms with Crippen molar-refractivity contribution in [2.75, 3.05) is 29.4 Å². The number of aromatic nitrogens is 4. The van der Waals surface area contributed by atoms with Crippen molar-refractivity contribution in [1.82, 2.24) is 20.2 Å². The smallest absolute Gasteiger partial charge is 0.339 e. The van der Waals surface area contributed by atoms with E-state index in [0.717, 1.165) is 12.4 Å². The molecule has 4 rings (SSSR count). The molecule has 1 unspecified atom stereocenters. The van der Waals surface area contributed by atoms with Gasteiger partial charge in [0.05, 0.1) is 34.9 Å². The SMILES string of the molecule is Fc1cnc(N2CCN(c3n[nH]c4cccc(Cl)c34)C(C(F)(F)F)C2)nc1. The lowest BCUT2D eigenvalue weighted by Crippen LogP contribution is -2.60. The highest BCUT2D eigenvalue weighted by molar-refractivity contribution is 6.36. The summed E-state index contributed by atoms with van der Waals surface area (Å²) in [5, 5.41) is 7.56. The zero-order chi connectivity index (χ0) is 19.2. The molecular formula is C16H13ClF4N6. The molecule has 0 amide bonds. The fourth-order valence-corrected chi connectivity index (χ4v) is 3.45. The number of hydrogen-bond donors (Lipinski definition) is 1. The van der Waals surface area contributed by atoms with E-state index < -0.39 is 24.6 Å². The van der Waals surface area contributed by atoms with E-state index in [-0.39, 0.29) is 24.9 Å². The first-order valence-corrected chi connectivity index (χ1v) is 8.41. The molecule has 1 aliphatic heterocycles. The number of hydrogen-bond acceptors (Lipinski definition) is 5. The Morgan fingerprint density at radius 1 is 1.15 bits per heavy atom. The van der Waals surface area contributed by atoms with Crippen molar-refractivity contribution in [2.24, 2.45) is 0 Å². The lowest BCUT2D eigenvalue weighted by molar-refractivity contribution is -0.148. The number of halogens is 5. The van der Waals surface area contributed by atoms with Crippen LogP contribution in [0.3, 0.4) is 0 Å². The van der Waals surface area contributed by atoms with Crippen LogP contribution in [0.5, 0.6) is 0 Å². The van der Waals surface area contributed by atoms with Crippen molar-refractivity contribution in [3.05, 3.63) is 41.4 Å². The van der Waals surface area contributed by atoms with Crippen molar-refractivity contribution in [3.8, 4) is 0 Å². The van der Waals surface area contributed by atoms with E-state index in [1.807, 2.05) is 0 Å². The summed E-state index contributed by atoms with van der Waals surface area (Å²) in [5.41, 5.74) is 0.558. The fourth-order valence-electron chi connectivity index (χ4n) is 3.19. The number of H-pyrrole nitrogens is 1. The second kappa shape index (κ2) is 6.52. The van der Waals surface area contributed by atoms with E-state index in [4.69, 9.17) is 11.6 Å². The van der Waals surface area contributed by atoms with E-state index in [1.54, 1.807) is 18.2 Å². The van der Waals surface area contributed by atoms with Crippen LogP contribution in [0.4, 0.5) is 29.3 Å². The van der Waals surface area contributed by atoms with Gasteiger partial charge in [0, 0.05) is 13.1 Å². The Hall–Kier alpha value is -2.62. The number of anilines is 2. The summed E-state index contributed by atoms with van der Waals surface area (Å²) in [4.78, 5) is 10.1. The third-order valence-electron chi connectivity index (χ3n) is 4.44. The molecule has 0 spiro atoms. The van der Waals surface area contributed by atoms with Gasteiger partial charge in [0.2, 0.25) is 5.95 Å². The zero-order valence-corrected chi connectivity index (χ0v) is 14.5. The number of aromatic amines is 1. The van der Waals surface area contributed by atoms with Gasteiger partial charge >= 0.3 is 6.18 Å². The zero-order valence-electron chi connectivity index (χ0n) is 13.7. The van der Waals surface area contributed by atoms with Crippen LogP contribution in [-0.2, 0) is 0 Å². The van der Waals surface area contributed by atoms with Gasteiger partial charge in [-0.05, 0) is 12.1 Å². The Kier molecular flexibility index (Phi) is 4.29. The van der Waals surface area contributed by atoms with Gasteiger partial charge in [-0.2, -0.15) is 18.3 Å². The van der Waals surface area contributed by atoms with Crippen LogP contribution >= 0.6 is 11.6 Å². The number of rotatable bonds is 2. The quantitative estimate of drug-likeness (QED) is 0.668. The van der Waals surface area contributed by atoms with Crippen molar-refractivity contribution >= 4 is 34.3 Å². The second-order valence-electron chi connectivity index (χ2n) is 6.11. The molecule has 27 heavy (non-hydrogen) atoms. The molecule has 1 saturated heterocycles. The average Bonchev–Trinajstić information content (AvgIpc) is 3.06. The molecular weight excluding hydrogens is 388 g/mol. The minimum atomic E-state index is -4.52. The van der Waals surface area contributed by atoms with Gasteiger partial charge in [0.1, 0.15) is 6.04 Å². The topological polar surface area (TPSA) is 60.9 Å². The monoisotopic (exact) mass is 400 g/mol. The number of nitrogens with zero attached hydrogens (tertiary/aromatic N) is 5. The molecule has 11 heteroatoms. The maximum atomic E-state index is 13.8. The molecule has 0 radical (unpaired) electrons. The van der Waals surface area contributed by atoms with Crippen LogP contribution < -0.4 is 9.80 Å². The lowest BCUT2D eigenvalue weighted by atomic mass is 10.1. The largest absolute Gasteiger partial charge is 0.410 e. The molecule has 0 bridgehead atoms. The number of nitrogens with one attached hydrogen (secondary N) is 1. The summed E-state index contributed by atoms with van der Waals surface area (Å²) in [6.07, 6.45) is -2.66. The summed E-state index contributed by atoms with van der Waals surface area (Å²) in [7, 11) is 0. The Bertz CT molecular complexity index is 958. The first kappa shape index (κ1) is 17.8. The summed E-state index contributed by atoms with van der Waals surface area (Å²) in [6.45, 7) is -0.166. The molecule has 6 nitrogen and oxygen atoms in total. The first-order valence-electron chi connectivity index (χ1n) is 8.03. The van der Waals surface area contributed by atoms with Gasteiger partial charge in [0.15, 0.2) is 11.6 Å². The van der Waals surface area contributed by atoms with Crippen molar-refractivity contribution in [2.45, 2.75) is 12.2 Å². The highest BCUT2D eigenvalue weighted by Gasteiger charge is 2.48. The van der Waals surface area contributed by atoms with E-state index >= 15 is 0 Å². The molecule has 0 aliphatic carbocycles. The highest BCUT2D eigenvalue weighted by Crippen LogP contribution is 2.37. The van der Waals surface area contributed by atoms with Crippen LogP contribution in [0.2, 0.25) is 5.02 Å². The van der Waals surface area contributed by atoms with Gasteiger partial charge < -0.3 is 9.80 Å². The molecule has 3 aromatic rings. The Balaban J connectivity index is 1.70. The van der Waals surface area contributed by atoms with Crippen molar-refractivity contribution < 1.29 is 17.6 Å². The van der Waals surface area contributed by atoms with Gasteiger partial charge in [-0.3, -0.25) is 5.10 Å². The third kappa shape index (κ3) is 3.25. The minimum absolute atomic E-state index is 0.0239. The molecule has 142 valence electrons. The van der Waals surface area contributed by atoms with E-state index in [9.17, 15) is 17.6 Å². The molecule has 1 fully saturated rings. The molecule has 1 aromatic carbocycles. The van der Waals surface area contributed by atoms with Crippen LogP contribution in [0.1, 0.15) is 0 Å². The molecule has 0 saturated carbocycles. The first-order chi connectivity index (χ1) is 12.8. The van der Waals surface area contributed by atoms with E-state index in [2.05, 4.69) is 20.2 Å². The summed E-state index contributed by atoms with van der Waals surface area (Å²) in [6, 6.07) is 3.15. The maximum absolute atomic E-state index is 13.8. The highest BCUT2D eigenvalue weighted by atomic mass is 35.5. The predicted octanol–water partition coefficient (Wildman–Crippen LogP) is 3.40. The molecule has 1 N–H and O–H groups in total. The Morgan fingerprint density at radius 2 is 1.89 bits per heavy atom. The fraction of sp³-hybridized carbons (Fsp3) is 0.312. The third-order valence-corrected chi connectivity index (χ3v) is 4.75. The molecule has 2 aromatic heterocycles. The second-order valence-corrected chi connectivity index (χ2v) is 6.51. The van der Waals surface area contributed by atoms with Gasteiger partial charge in [-0.15, -0.1) is 0 Å². The number of alkyl halides is 3. The van der Waals surface area contributed by atoms with Crippen LogP contribution in [-0.4, -0.2) is 52.0 Å². The number of fused-ring (bicyclic) bond motifs is 1. The Labute approximate surface area is 155 Å². The molecule has 1 aliphatic rings. The predicted molar refractivity (Wildman–Crippen MR) is 92.5 cm³/mol. The van der Waals surface area contributed by atoms with Crippen LogP contribution in [0, 0.1) is 5.82 Å². The summed E-state index contributed by atoms with van der Waals surface area (Å²) < 4.78 is 54.4. The summed E-state index contributed by atoms with van der Waals surface area (Å²) in [5.74, 6) is -0.449. The maximum Gasteiger partial charge on any atom is 0.410 e. The van der Waals surface area contributed by atoms with E-state index in [1.165, 1.54) is 9.80 Å².